The van der Waals surface area contributed by atoms with Crippen LogP contribution in [-0.2, 0) is 11.2 Å². The highest BCUT2D eigenvalue weighted by Gasteiger charge is 2.06. The Bertz CT molecular complexity index is 865. The number of amides is 1. The van der Waals surface area contributed by atoms with Crippen molar-refractivity contribution in [1.29, 1.82) is 0 Å². The van der Waals surface area contributed by atoms with E-state index in [1.165, 1.54) is 22.2 Å². The molecule has 1 heterocycles. The molecule has 0 unspecified atom stereocenters. The third-order valence-corrected chi connectivity index (χ3v) is 4.15. The molecule has 0 aliphatic carbocycles. The van der Waals surface area contributed by atoms with Gasteiger partial charge < -0.3 is 15.6 Å². The van der Waals surface area contributed by atoms with Crippen molar-refractivity contribution in [2.45, 2.75) is 13.3 Å². The number of hydrogen-bond acceptors (Lipinski definition) is 2. The Morgan fingerprint density at radius 3 is 2.68 bits per heavy atom. The Labute approximate surface area is 148 Å². The normalized spacial score (nSPS) is 11.2. The second-order valence-corrected chi connectivity index (χ2v) is 5.99. The molecule has 4 heteroatoms. The molecule has 128 valence electrons. The lowest BCUT2D eigenvalue weighted by molar-refractivity contribution is -0.111. The molecule has 0 fully saturated rings. The predicted molar refractivity (Wildman–Crippen MR) is 104 cm³/mol. The Morgan fingerprint density at radius 1 is 1.08 bits per heavy atom. The third kappa shape index (κ3) is 4.58. The van der Waals surface area contributed by atoms with Gasteiger partial charge in [0.1, 0.15) is 0 Å². The minimum Gasteiger partial charge on any atom is -0.358 e. The van der Waals surface area contributed by atoms with Crippen LogP contribution in [0.3, 0.4) is 0 Å². The van der Waals surface area contributed by atoms with Gasteiger partial charge in [-0.1, -0.05) is 42.5 Å². The van der Waals surface area contributed by atoms with Crippen LogP contribution in [0, 0.1) is 6.92 Å². The van der Waals surface area contributed by atoms with E-state index in [0.29, 0.717) is 6.54 Å². The van der Waals surface area contributed by atoms with Gasteiger partial charge in [0.15, 0.2) is 0 Å². The zero-order valence-electron chi connectivity index (χ0n) is 14.4. The summed E-state index contributed by atoms with van der Waals surface area (Å²) in [4.78, 5) is 15.2. The summed E-state index contributed by atoms with van der Waals surface area (Å²) in [6.07, 6.45) is 4.37. The van der Waals surface area contributed by atoms with E-state index in [2.05, 4.69) is 40.7 Å². The number of aromatic amines is 1. The lowest BCUT2D eigenvalue weighted by Crippen LogP contribution is -2.18. The Kier molecular flexibility index (Phi) is 5.65. The van der Waals surface area contributed by atoms with Crippen LogP contribution < -0.4 is 10.6 Å². The molecule has 25 heavy (non-hydrogen) atoms. The Hall–Kier alpha value is -2.85. The van der Waals surface area contributed by atoms with Gasteiger partial charge in [0.2, 0.25) is 5.91 Å². The highest BCUT2D eigenvalue weighted by Crippen LogP contribution is 2.21. The van der Waals surface area contributed by atoms with Gasteiger partial charge in [0.25, 0.3) is 0 Å². The maximum Gasteiger partial charge on any atom is 0.248 e. The highest BCUT2D eigenvalue weighted by molar-refractivity contribution is 5.99. The van der Waals surface area contributed by atoms with Gasteiger partial charge in [-0.2, -0.15) is 0 Å². The first-order valence-electron chi connectivity index (χ1n) is 8.53. The predicted octanol–water partition coefficient (Wildman–Crippen LogP) is 3.80. The molecule has 3 N–H and O–H groups in total. The number of anilines is 1. The first-order valence-corrected chi connectivity index (χ1v) is 8.53. The molecule has 0 saturated carbocycles. The summed E-state index contributed by atoms with van der Waals surface area (Å²) in [5.41, 5.74) is 4.57. The SMILES string of the molecule is Cc1[nH]c2ccccc2c1CCNCC=CC(=O)Nc1ccccc1. The van der Waals surface area contributed by atoms with E-state index in [1.807, 2.05) is 42.5 Å². The molecule has 3 rings (SSSR count). The van der Waals surface area contributed by atoms with Crippen LogP contribution in [0.25, 0.3) is 10.9 Å². The zero-order valence-corrected chi connectivity index (χ0v) is 14.4. The molecular weight excluding hydrogens is 310 g/mol. The van der Waals surface area contributed by atoms with Gasteiger partial charge in [-0.25, -0.2) is 0 Å². The van der Waals surface area contributed by atoms with E-state index in [9.17, 15) is 4.79 Å². The molecule has 4 nitrogen and oxygen atoms in total. The maximum absolute atomic E-state index is 11.8. The standard InChI is InChI=1S/C21H23N3O/c1-16-18(19-10-5-6-11-20(19)23-16)13-15-22-14-7-12-21(25)24-17-8-3-2-4-9-17/h2-12,22-23H,13-15H2,1H3,(H,24,25). The second-order valence-electron chi connectivity index (χ2n) is 5.99. The number of aromatic nitrogens is 1. The van der Waals surface area contributed by atoms with E-state index in [1.54, 1.807) is 6.08 Å². The van der Waals surface area contributed by atoms with Crippen LogP contribution in [0.2, 0.25) is 0 Å². The fourth-order valence-corrected chi connectivity index (χ4v) is 2.93. The third-order valence-electron chi connectivity index (χ3n) is 4.15. The lowest BCUT2D eigenvalue weighted by Gasteiger charge is -2.03. The first kappa shape index (κ1) is 17.0. The molecule has 0 atom stereocenters. The summed E-state index contributed by atoms with van der Waals surface area (Å²) in [5, 5.41) is 7.47. The number of aryl methyl sites for hydroxylation is 1. The summed E-state index contributed by atoms with van der Waals surface area (Å²) in [7, 11) is 0. The van der Waals surface area contributed by atoms with Crippen molar-refractivity contribution in [3.05, 3.63) is 78.0 Å². The van der Waals surface area contributed by atoms with Crippen molar-refractivity contribution in [3.8, 4) is 0 Å². The van der Waals surface area contributed by atoms with Crippen LogP contribution >= 0.6 is 0 Å². The van der Waals surface area contributed by atoms with Crippen molar-refractivity contribution in [3.63, 3.8) is 0 Å². The fourth-order valence-electron chi connectivity index (χ4n) is 2.93. The highest BCUT2D eigenvalue weighted by atomic mass is 16.1. The van der Waals surface area contributed by atoms with Crippen molar-refractivity contribution in [2.24, 2.45) is 0 Å². The number of benzene rings is 2. The van der Waals surface area contributed by atoms with Crippen LogP contribution in [0.1, 0.15) is 11.3 Å². The van der Waals surface area contributed by atoms with Gasteiger partial charge in [-0.3, -0.25) is 4.79 Å². The lowest BCUT2D eigenvalue weighted by atomic mass is 10.1. The van der Waals surface area contributed by atoms with E-state index >= 15 is 0 Å². The van der Waals surface area contributed by atoms with Crippen molar-refractivity contribution in [1.82, 2.24) is 10.3 Å². The van der Waals surface area contributed by atoms with E-state index < -0.39 is 0 Å². The van der Waals surface area contributed by atoms with Crippen molar-refractivity contribution >= 4 is 22.5 Å². The summed E-state index contributed by atoms with van der Waals surface area (Å²) in [6, 6.07) is 17.8. The molecule has 0 aliphatic rings. The minimum absolute atomic E-state index is 0.111. The van der Waals surface area contributed by atoms with Crippen LogP contribution in [0.5, 0.6) is 0 Å². The Balaban J connectivity index is 1.42. The van der Waals surface area contributed by atoms with Gasteiger partial charge in [0.05, 0.1) is 0 Å². The number of carbonyl (C=O) groups is 1. The van der Waals surface area contributed by atoms with Gasteiger partial charge in [0, 0.05) is 34.9 Å². The summed E-state index contributed by atoms with van der Waals surface area (Å²) in [6.45, 7) is 3.65. The van der Waals surface area contributed by atoms with E-state index in [-0.39, 0.29) is 5.91 Å². The monoisotopic (exact) mass is 333 g/mol. The van der Waals surface area contributed by atoms with Crippen LogP contribution in [0.4, 0.5) is 5.69 Å². The zero-order chi connectivity index (χ0) is 17.5. The maximum atomic E-state index is 11.8. The topological polar surface area (TPSA) is 56.9 Å². The number of para-hydroxylation sites is 2. The van der Waals surface area contributed by atoms with Crippen molar-refractivity contribution < 1.29 is 4.79 Å². The van der Waals surface area contributed by atoms with Crippen molar-refractivity contribution in [2.75, 3.05) is 18.4 Å². The number of hydrogen-bond donors (Lipinski definition) is 3. The molecule has 1 aromatic heterocycles. The molecule has 0 aliphatic heterocycles. The van der Waals surface area contributed by atoms with Crippen LogP contribution in [0.15, 0.2) is 66.7 Å². The number of nitrogens with one attached hydrogen (secondary N) is 3. The summed E-state index contributed by atoms with van der Waals surface area (Å²) < 4.78 is 0. The van der Waals surface area contributed by atoms with E-state index in [4.69, 9.17) is 0 Å². The molecule has 3 aromatic rings. The number of carbonyl (C=O) groups excluding carboxylic acids is 1. The summed E-state index contributed by atoms with van der Waals surface area (Å²) >= 11 is 0. The average Bonchev–Trinajstić information content (AvgIpc) is 2.94. The average molecular weight is 333 g/mol. The molecule has 0 saturated heterocycles. The number of rotatable bonds is 7. The molecule has 0 radical (unpaired) electrons. The molecule has 1 amide bonds. The fraction of sp³-hybridized carbons (Fsp3) is 0.190. The molecular formula is C21H23N3O. The van der Waals surface area contributed by atoms with Gasteiger partial charge in [-0.15, -0.1) is 0 Å². The quantitative estimate of drug-likeness (QED) is 0.455. The molecule has 2 aromatic carbocycles. The smallest absolute Gasteiger partial charge is 0.248 e. The molecule has 0 bridgehead atoms. The Morgan fingerprint density at radius 2 is 1.84 bits per heavy atom. The second kappa shape index (κ2) is 8.31. The summed E-state index contributed by atoms with van der Waals surface area (Å²) in [5.74, 6) is -0.111. The van der Waals surface area contributed by atoms with Gasteiger partial charge in [-0.05, 0) is 43.7 Å². The minimum atomic E-state index is -0.111. The number of fused-ring (bicyclic) bond motifs is 1. The largest absolute Gasteiger partial charge is 0.358 e. The van der Waals surface area contributed by atoms with Gasteiger partial charge >= 0.3 is 0 Å². The number of H-pyrrole nitrogens is 1. The molecule has 0 spiro atoms. The van der Waals surface area contributed by atoms with Crippen LogP contribution in [-0.4, -0.2) is 24.0 Å². The van der Waals surface area contributed by atoms with E-state index in [0.717, 1.165) is 18.7 Å². The first-order chi connectivity index (χ1) is 12.2.